The van der Waals surface area contributed by atoms with Crippen LogP contribution in [0.15, 0.2) is 29.0 Å². The summed E-state index contributed by atoms with van der Waals surface area (Å²) in [4.78, 5) is 41.9. The minimum Gasteiger partial charge on any atom is -0.476 e. The highest BCUT2D eigenvalue weighted by atomic mass is 32.1. The lowest BCUT2D eigenvalue weighted by molar-refractivity contribution is -0.126. The van der Waals surface area contributed by atoms with E-state index in [1.165, 1.54) is 30.6 Å². The molecule has 0 aromatic carbocycles. The Morgan fingerprint density at radius 1 is 1.13 bits per heavy atom. The number of thiazole rings is 1. The largest absolute Gasteiger partial charge is 0.476 e. The van der Waals surface area contributed by atoms with Crippen LogP contribution < -0.4 is 15.4 Å². The lowest BCUT2D eigenvalue weighted by Gasteiger charge is -2.33. The van der Waals surface area contributed by atoms with E-state index in [4.69, 9.17) is 9.73 Å². The molecule has 2 N–H and O–H groups in total. The highest BCUT2D eigenvalue weighted by Gasteiger charge is 2.39. The van der Waals surface area contributed by atoms with Gasteiger partial charge in [0.05, 0.1) is 23.6 Å². The second kappa shape index (κ2) is 12.3. The van der Waals surface area contributed by atoms with Gasteiger partial charge in [0, 0.05) is 30.5 Å². The second-order valence-corrected chi connectivity index (χ2v) is 11.8. The quantitative estimate of drug-likeness (QED) is 0.519. The molecule has 5 rings (SSSR count). The number of hydrogen-bond donors (Lipinski definition) is 2. The summed E-state index contributed by atoms with van der Waals surface area (Å²) in [5, 5.41) is 6.13. The van der Waals surface area contributed by atoms with E-state index in [1.807, 2.05) is 19.9 Å². The van der Waals surface area contributed by atoms with E-state index in [-0.39, 0.29) is 35.6 Å². The average Bonchev–Trinajstić information content (AvgIpc) is 3.57. The number of carbonyl (C=O) groups is 2. The Balaban J connectivity index is 1.29. The summed E-state index contributed by atoms with van der Waals surface area (Å²) in [7, 11) is 0. The van der Waals surface area contributed by atoms with E-state index in [9.17, 15) is 9.59 Å². The highest BCUT2D eigenvalue weighted by Crippen LogP contribution is 2.46. The van der Waals surface area contributed by atoms with E-state index in [0.29, 0.717) is 23.2 Å². The fraction of sp³-hybridized carbons (Fsp3) is 0.607. The van der Waals surface area contributed by atoms with Gasteiger partial charge in [0.25, 0.3) is 5.91 Å². The number of carbonyl (C=O) groups excluding carboxylic acids is 2. The first-order valence-electron chi connectivity index (χ1n) is 13.9. The maximum absolute atomic E-state index is 12.9. The van der Waals surface area contributed by atoms with Gasteiger partial charge in [-0.25, -0.2) is 9.98 Å². The summed E-state index contributed by atoms with van der Waals surface area (Å²) in [5.41, 5.74) is 3.47. The molecule has 2 amide bonds. The minimum absolute atomic E-state index is 0.0350. The predicted molar refractivity (Wildman–Crippen MR) is 148 cm³/mol. The summed E-state index contributed by atoms with van der Waals surface area (Å²) in [5.74, 6) is 1.44. The number of piperidine rings is 1. The Hall–Kier alpha value is -2.85. The van der Waals surface area contributed by atoms with E-state index in [2.05, 4.69) is 25.5 Å². The smallest absolute Gasteiger partial charge is 0.268 e. The Bertz CT molecular complexity index is 1140. The van der Waals surface area contributed by atoms with E-state index in [0.717, 1.165) is 56.6 Å². The molecule has 3 aliphatic rings. The van der Waals surface area contributed by atoms with Crippen molar-refractivity contribution in [3.63, 3.8) is 0 Å². The summed E-state index contributed by atoms with van der Waals surface area (Å²) in [6, 6.07) is 2.15. The standard InChI is InChI=1S/C28H38N6O3S/c1-18(2)31-27(35)20-8-6-19(7-9-20)25-21-14-24(37-13-12-34-10-4-3-5-11-34)30-15-22(21)32-26(25)33-28(36)23-16-29-17-38-23/h14-20,25H,3-13H2,1-2H3,(H,31,35)(H,32,33,36). The zero-order valence-corrected chi connectivity index (χ0v) is 23.1. The molecule has 10 heteroatoms. The van der Waals surface area contributed by atoms with Gasteiger partial charge in [-0.3, -0.25) is 19.5 Å². The monoisotopic (exact) mass is 538 g/mol. The third-order valence-electron chi connectivity index (χ3n) is 7.81. The van der Waals surface area contributed by atoms with Crippen LogP contribution in [0, 0.1) is 11.8 Å². The third-order valence-corrected chi connectivity index (χ3v) is 8.58. The summed E-state index contributed by atoms with van der Waals surface area (Å²) >= 11 is 1.31. The van der Waals surface area contributed by atoms with Gasteiger partial charge in [-0.1, -0.05) is 6.42 Å². The fourth-order valence-electron chi connectivity index (χ4n) is 5.88. The van der Waals surface area contributed by atoms with Crippen LogP contribution in [0.3, 0.4) is 0 Å². The molecule has 1 saturated carbocycles. The lowest BCUT2D eigenvalue weighted by Crippen LogP contribution is -2.40. The molecule has 1 atom stereocenters. The molecule has 0 bridgehead atoms. The van der Waals surface area contributed by atoms with E-state index >= 15 is 0 Å². The number of amidine groups is 1. The number of likely N-dealkylation sites (tertiary alicyclic amines) is 1. The van der Waals surface area contributed by atoms with Crippen molar-refractivity contribution in [3.8, 4) is 5.88 Å². The molecule has 1 unspecified atom stereocenters. The number of amides is 2. The molecule has 2 aliphatic heterocycles. The van der Waals surface area contributed by atoms with Gasteiger partial charge in [-0.2, -0.15) is 0 Å². The lowest BCUT2D eigenvalue weighted by atomic mass is 9.73. The topological polar surface area (TPSA) is 109 Å². The van der Waals surface area contributed by atoms with Gasteiger partial charge in [0.2, 0.25) is 11.8 Å². The fourth-order valence-corrected chi connectivity index (χ4v) is 6.39. The molecule has 1 aliphatic carbocycles. The predicted octanol–water partition coefficient (Wildman–Crippen LogP) is 4.29. The third kappa shape index (κ3) is 6.40. The van der Waals surface area contributed by atoms with Gasteiger partial charge >= 0.3 is 0 Å². The van der Waals surface area contributed by atoms with Gasteiger partial charge in [-0.05, 0) is 76.9 Å². The van der Waals surface area contributed by atoms with Crippen molar-refractivity contribution >= 4 is 34.7 Å². The second-order valence-electron chi connectivity index (χ2n) is 10.9. The Morgan fingerprint density at radius 3 is 2.63 bits per heavy atom. The first-order valence-corrected chi connectivity index (χ1v) is 14.8. The number of nitrogens with one attached hydrogen (secondary N) is 2. The number of hydrogen-bond acceptors (Lipinski definition) is 8. The number of aromatic nitrogens is 2. The van der Waals surface area contributed by atoms with Crippen LogP contribution in [0.5, 0.6) is 5.88 Å². The van der Waals surface area contributed by atoms with Gasteiger partial charge in [0.15, 0.2) is 0 Å². The molecule has 38 heavy (non-hydrogen) atoms. The minimum atomic E-state index is -0.194. The maximum atomic E-state index is 12.9. The van der Waals surface area contributed by atoms with Crippen molar-refractivity contribution in [2.75, 3.05) is 26.2 Å². The van der Waals surface area contributed by atoms with Crippen LogP contribution in [0.25, 0.3) is 0 Å². The Morgan fingerprint density at radius 2 is 1.92 bits per heavy atom. The Kier molecular flexibility index (Phi) is 8.68. The molecule has 1 saturated heterocycles. The number of nitrogens with zero attached hydrogens (tertiary/aromatic N) is 4. The zero-order chi connectivity index (χ0) is 26.5. The zero-order valence-electron chi connectivity index (χ0n) is 22.3. The van der Waals surface area contributed by atoms with Crippen LogP contribution >= 0.6 is 11.3 Å². The molecular weight excluding hydrogens is 500 g/mol. The highest BCUT2D eigenvalue weighted by molar-refractivity contribution is 7.11. The molecule has 4 heterocycles. The molecular formula is C28H38N6O3S. The molecule has 0 spiro atoms. The van der Waals surface area contributed by atoms with E-state index in [1.54, 1.807) is 17.9 Å². The van der Waals surface area contributed by atoms with Crippen LogP contribution in [-0.4, -0.2) is 64.8 Å². The van der Waals surface area contributed by atoms with E-state index < -0.39 is 0 Å². The molecule has 0 radical (unpaired) electrons. The Labute approximate surface area is 228 Å². The van der Waals surface area contributed by atoms with Gasteiger partial charge in [0.1, 0.15) is 17.3 Å². The normalized spacial score (nSPS) is 23.6. The van der Waals surface area contributed by atoms with Crippen molar-refractivity contribution in [1.29, 1.82) is 0 Å². The van der Waals surface area contributed by atoms with Crippen LogP contribution in [-0.2, 0) is 4.79 Å². The van der Waals surface area contributed by atoms with Crippen molar-refractivity contribution in [2.45, 2.75) is 70.8 Å². The summed E-state index contributed by atoms with van der Waals surface area (Å²) < 4.78 is 6.08. The van der Waals surface area contributed by atoms with Crippen LogP contribution in [0.4, 0.5) is 5.69 Å². The van der Waals surface area contributed by atoms with Crippen molar-refractivity contribution < 1.29 is 14.3 Å². The molecule has 2 aromatic rings. The van der Waals surface area contributed by atoms with Crippen LogP contribution in [0.2, 0.25) is 0 Å². The van der Waals surface area contributed by atoms with Crippen molar-refractivity contribution in [2.24, 2.45) is 16.8 Å². The number of pyridine rings is 1. The number of aliphatic imine (C=N–C) groups is 1. The van der Waals surface area contributed by atoms with Crippen LogP contribution in [0.1, 0.15) is 79.9 Å². The van der Waals surface area contributed by atoms with Crippen molar-refractivity contribution in [1.82, 2.24) is 25.5 Å². The van der Waals surface area contributed by atoms with Gasteiger partial charge in [-0.15, -0.1) is 11.3 Å². The van der Waals surface area contributed by atoms with Gasteiger partial charge < -0.3 is 15.4 Å². The summed E-state index contributed by atoms with van der Waals surface area (Å²) in [6.45, 7) is 7.76. The average molecular weight is 539 g/mol. The maximum Gasteiger partial charge on any atom is 0.268 e. The van der Waals surface area contributed by atoms with Crippen molar-refractivity contribution in [3.05, 3.63) is 34.4 Å². The number of rotatable bonds is 8. The first-order chi connectivity index (χ1) is 18.5. The number of ether oxygens (including phenoxy) is 1. The summed E-state index contributed by atoms with van der Waals surface area (Å²) in [6.07, 6.45) is 10.6. The molecule has 204 valence electrons. The first kappa shape index (κ1) is 26.7. The molecule has 2 aromatic heterocycles. The molecule has 2 fully saturated rings. The molecule has 9 nitrogen and oxygen atoms in total. The number of fused-ring (bicyclic) bond motifs is 1. The SMILES string of the molecule is CC(C)NC(=O)C1CCC(C2C(NC(=O)c3cncs3)=Nc3cnc(OCCN4CCCCC4)cc32)CC1.